The molecule has 4 aromatic rings. The molecule has 0 fully saturated rings. The van der Waals surface area contributed by atoms with Crippen LogP contribution in [-0.2, 0) is 20.5 Å². The summed E-state index contributed by atoms with van der Waals surface area (Å²) in [5, 5.41) is 0.516. The summed E-state index contributed by atoms with van der Waals surface area (Å²) in [7, 11) is -2.46. The normalized spacial score (nSPS) is 11.3. The van der Waals surface area contributed by atoms with Gasteiger partial charge in [0.05, 0.1) is 0 Å². The molecule has 0 heterocycles. The van der Waals surface area contributed by atoms with E-state index in [2.05, 4.69) is 91.0 Å². The van der Waals surface area contributed by atoms with Crippen molar-refractivity contribution >= 4 is 38.2 Å². The molecule has 0 amide bonds. The second kappa shape index (κ2) is 12.5. The molecule has 29 heavy (non-hydrogen) atoms. The Hall–Kier alpha value is -2.02. The molecule has 5 heteroatoms. The van der Waals surface area contributed by atoms with Gasteiger partial charge in [0.2, 0.25) is 8.03 Å². The van der Waals surface area contributed by atoms with Gasteiger partial charge in [-0.25, -0.2) is 0 Å². The number of hydrogen-bond donors (Lipinski definition) is 1. The number of benzene rings is 4. The van der Waals surface area contributed by atoms with Gasteiger partial charge >= 0.3 is 119 Å². The zero-order chi connectivity index (χ0) is 19.6. The Balaban J connectivity index is 0.000000255. The van der Waals surface area contributed by atoms with Crippen molar-refractivity contribution in [1.29, 1.82) is 0 Å². The summed E-state index contributed by atoms with van der Waals surface area (Å²) < 4.78 is 14.8. The Morgan fingerprint density at radius 3 is 1.03 bits per heavy atom. The van der Waals surface area contributed by atoms with Gasteiger partial charge in [-0.15, -0.1) is 12.4 Å². The second-order valence-corrected chi connectivity index (χ2v) is 11.0. The van der Waals surface area contributed by atoms with Crippen LogP contribution in [0, 0.1) is 0 Å². The van der Waals surface area contributed by atoms with Gasteiger partial charge in [0, 0.05) is 5.30 Å². The Labute approximate surface area is 184 Å². The van der Waals surface area contributed by atoms with Crippen LogP contribution in [0.25, 0.3) is 0 Å². The van der Waals surface area contributed by atoms with E-state index in [9.17, 15) is 4.57 Å². The second-order valence-electron chi connectivity index (χ2n) is 5.73. The van der Waals surface area contributed by atoms with Crippen LogP contribution in [0.2, 0.25) is 0 Å². The summed E-state index contributed by atoms with van der Waals surface area (Å²) in [6.45, 7) is 0. The summed E-state index contributed by atoms with van der Waals surface area (Å²) in [5.41, 5.74) is 0. The molecule has 0 aliphatic rings. The van der Waals surface area contributed by atoms with Gasteiger partial charge in [0.25, 0.3) is 0 Å². The maximum atomic E-state index is 10.4. The van der Waals surface area contributed by atoms with Crippen molar-refractivity contribution in [3.05, 3.63) is 121 Å². The molecule has 1 atom stereocenters. The summed E-state index contributed by atoms with van der Waals surface area (Å²) in [5.74, 6) is 0. The molecule has 0 aromatic heterocycles. The molecule has 1 unspecified atom stereocenters. The molecule has 0 bridgehead atoms. The van der Waals surface area contributed by atoms with Gasteiger partial charge in [-0.3, -0.25) is 4.57 Å². The Morgan fingerprint density at radius 1 is 0.517 bits per heavy atom. The van der Waals surface area contributed by atoms with Crippen molar-refractivity contribution < 1.29 is 25.4 Å². The molecule has 0 spiro atoms. The minimum absolute atomic E-state index is 0. The first-order valence-electron chi connectivity index (χ1n) is 8.82. The first-order chi connectivity index (χ1) is 13.8. The van der Waals surface area contributed by atoms with E-state index in [4.69, 9.17) is 4.89 Å². The van der Waals surface area contributed by atoms with Crippen molar-refractivity contribution in [2.75, 3.05) is 0 Å². The fourth-order valence-electron chi connectivity index (χ4n) is 2.47. The van der Waals surface area contributed by atoms with E-state index in [1.165, 1.54) is 12.5 Å². The molecule has 4 rings (SSSR count). The summed E-state index contributed by atoms with van der Waals surface area (Å²) in [6, 6.07) is 41.2. The van der Waals surface area contributed by atoms with Crippen molar-refractivity contribution in [2.45, 2.75) is 0 Å². The zero-order valence-electron chi connectivity index (χ0n) is 15.6. The van der Waals surface area contributed by atoms with Gasteiger partial charge in [-0.1, -0.05) is 18.2 Å². The standard InChI is InChI=1S/C6H7O2P.3C6H5.ClH.Rh/c7-9(8)6-4-2-1-3-5-6;3*1-2-4-6-5-3-1;;/h1-5,9H,(H,7,8);3*1-5H;1H;. The van der Waals surface area contributed by atoms with Crippen molar-refractivity contribution in [3.63, 3.8) is 0 Å². The molecule has 152 valence electrons. The van der Waals surface area contributed by atoms with E-state index >= 15 is 0 Å². The van der Waals surface area contributed by atoms with Gasteiger partial charge in [0.1, 0.15) is 0 Å². The topological polar surface area (TPSA) is 37.3 Å². The third kappa shape index (κ3) is 7.07. The molecular formula is C24H23ClO2PRh. The van der Waals surface area contributed by atoms with Crippen molar-refractivity contribution in [2.24, 2.45) is 0 Å². The van der Waals surface area contributed by atoms with Crippen LogP contribution < -0.4 is 17.8 Å². The van der Waals surface area contributed by atoms with E-state index < -0.39 is 24.0 Å². The summed E-state index contributed by atoms with van der Waals surface area (Å²) in [6.07, 6.45) is 0. The number of rotatable bonds is 4. The predicted molar refractivity (Wildman–Crippen MR) is 123 cm³/mol. The Morgan fingerprint density at radius 2 is 0.793 bits per heavy atom. The van der Waals surface area contributed by atoms with Gasteiger partial charge in [-0.2, -0.15) is 0 Å². The number of halogens is 1. The molecule has 0 saturated heterocycles. The Kier molecular flexibility index (Phi) is 10.0. The average Bonchev–Trinajstić information content (AvgIpc) is 2.77. The molecular weight excluding hydrogens is 490 g/mol. The van der Waals surface area contributed by atoms with Crippen LogP contribution in [0.4, 0.5) is 0 Å². The molecule has 0 saturated carbocycles. The van der Waals surface area contributed by atoms with Crippen molar-refractivity contribution in [3.8, 4) is 0 Å². The van der Waals surface area contributed by atoms with E-state index in [0.29, 0.717) is 5.30 Å². The SMILES string of the molecule is Cl.O=[PH](O)c1ccccc1.c1cc[c]([Rh]([c]2ccccc2)[c]2ccccc2)cc1. The van der Waals surface area contributed by atoms with E-state index in [-0.39, 0.29) is 12.4 Å². The Bertz CT molecular complexity index is 890. The van der Waals surface area contributed by atoms with Crippen LogP contribution >= 0.6 is 20.4 Å². The van der Waals surface area contributed by atoms with Crippen LogP contribution in [-0.4, -0.2) is 4.89 Å². The maximum absolute atomic E-state index is 10.4. The van der Waals surface area contributed by atoms with Gasteiger partial charge < -0.3 is 4.89 Å². The first kappa shape index (κ1) is 23.3. The monoisotopic (exact) mass is 512 g/mol. The minimum atomic E-state index is -2.46. The molecule has 0 aliphatic carbocycles. The molecule has 0 aliphatic heterocycles. The van der Waals surface area contributed by atoms with Gasteiger partial charge in [-0.05, 0) is 12.1 Å². The third-order valence-corrected chi connectivity index (χ3v) is 9.06. The fourth-order valence-corrected chi connectivity index (χ4v) is 7.17. The van der Waals surface area contributed by atoms with Crippen LogP contribution in [0.1, 0.15) is 0 Å². The van der Waals surface area contributed by atoms with Crippen molar-refractivity contribution in [1.82, 2.24) is 0 Å². The third-order valence-electron chi connectivity index (χ3n) is 3.75. The summed E-state index contributed by atoms with van der Waals surface area (Å²) >= 11 is -1.21. The molecule has 1 N–H and O–H groups in total. The predicted octanol–water partition coefficient (Wildman–Crippen LogP) is 3.78. The fraction of sp³-hybridized carbons (Fsp3) is 0. The molecule has 0 radical (unpaired) electrons. The van der Waals surface area contributed by atoms with E-state index in [1.54, 1.807) is 24.3 Å². The first-order valence-corrected chi connectivity index (χ1v) is 12.6. The molecule has 2 nitrogen and oxygen atoms in total. The summed E-state index contributed by atoms with van der Waals surface area (Å²) in [4.78, 5) is 8.57. The van der Waals surface area contributed by atoms with Crippen LogP contribution in [0.3, 0.4) is 0 Å². The van der Waals surface area contributed by atoms with Gasteiger partial charge in [0.15, 0.2) is 0 Å². The van der Waals surface area contributed by atoms with Crippen LogP contribution in [0.5, 0.6) is 0 Å². The average molecular weight is 513 g/mol. The quantitative estimate of drug-likeness (QED) is 0.334. The van der Waals surface area contributed by atoms with Crippen LogP contribution in [0.15, 0.2) is 121 Å². The van der Waals surface area contributed by atoms with E-state index in [0.717, 1.165) is 0 Å². The molecule has 4 aromatic carbocycles. The zero-order valence-corrected chi connectivity index (χ0v) is 19.1. The number of hydrogen-bond acceptors (Lipinski definition) is 1. The van der Waals surface area contributed by atoms with E-state index in [1.807, 2.05) is 6.07 Å².